The highest BCUT2D eigenvalue weighted by atomic mass is 32.1. The molecule has 0 radical (unpaired) electrons. The van der Waals surface area contributed by atoms with Crippen molar-refractivity contribution in [3.63, 3.8) is 0 Å². The largest absolute Gasteiger partial charge is 0.378 e. The van der Waals surface area contributed by atoms with Crippen molar-refractivity contribution in [1.29, 1.82) is 0 Å². The van der Waals surface area contributed by atoms with Gasteiger partial charge in [0.15, 0.2) is 5.13 Å². The number of aromatic nitrogens is 1. The number of nitrogens with one attached hydrogen (secondary N) is 1. The fourth-order valence-electron chi connectivity index (χ4n) is 1.62. The second kappa shape index (κ2) is 5.40. The maximum Gasteiger partial charge on any atom is 0.257 e. The summed E-state index contributed by atoms with van der Waals surface area (Å²) in [6, 6.07) is 7.51. The lowest BCUT2D eigenvalue weighted by Gasteiger charge is -2.13. The number of hydrogen-bond donors (Lipinski definition) is 1. The van der Waals surface area contributed by atoms with E-state index < -0.39 is 0 Å². The van der Waals surface area contributed by atoms with Gasteiger partial charge in [-0.1, -0.05) is 6.07 Å². The lowest BCUT2D eigenvalue weighted by atomic mass is 10.2. The number of carbonyl (C=O) groups is 1. The van der Waals surface area contributed by atoms with Crippen molar-refractivity contribution >= 4 is 28.1 Å². The molecule has 0 aliphatic heterocycles. The predicted octanol–water partition coefficient (Wildman–Crippen LogP) is 3.08. The van der Waals surface area contributed by atoms with E-state index in [1.807, 2.05) is 51.0 Å². The molecule has 4 nitrogen and oxygen atoms in total. The van der Waals surface area contributed by atoms with Crippen molar-refractivity contribution in [2.24, 2.45) is 0 Å². The Morgan fingerprint density at radius 2 is 2.05 bits per heavy atom. The molecule has 0 fully saturated rings. The zero-order valence-electron chi connectivity index (χ0n) is 11.5. The quantitative estimate of drug-likeness (QED) is 0.936. The van der Waals surface area contributed by atoms with Crippen molar-refractivity contribution in [2.45, 2.75) is 13.8 Å². The molecular weight excluding hydrogens is 258 g/mol. The molecular formula is C14H17N3OS. The highest BCUT2D eigenvalue weighted by Gasteiger charge is 2.10. The molecule has 1 amide bonds. The van der Waals surface area contributed by atoms with E-state index in [1.165, 1.54) is 11.3 Å². The molecule has 0 bridgehead atoms. The Balaban J connectivity index is 2.18. The van der Waals surface area contributed by atoms with E-state index in [-0.39, 0.29) is 5.91 Å². The molecule has 100 valence electrons. The monoisotopic (exact) mass is 275 g/mol. The van der Waals surface area contributed by atoms with Crippen molar-refractivity contribution in [2.75, 3.05) is 24.3 Å². The Hall–Kier alpha value is -1.88. The van der Waals surface area contributed by atoms with Crippen LogP contribution in [0.1, 0.15) is 20.9 Å². The Morgan fingerprint density at radius 1 is 1.32 bits per heavy atom. The number of carbonyl (C=O) groups excluding carboxylic acids is 1. The molecule has 1 N–H and O–H groups in total. The van der Waals surface area contributed by atoms with Crippen molar-refractivity contribution in [3.8, 4) is 0 Å². The predicted molar refractivity (Wildman–Crippen MR) is 80.3 cm³/mol. The second-order valence-electron chi connectivity index (χ2n) is 4.56. The van der Waals surface area contributed by atoms with Crippen LogP contribution in [0.5, 0.6) is 0 Å². The Labute approximate surface area is 117 Å². The molecule has 2 rings (SSSR count). The van der Waals surface area contributed by atoms with Gasteiger partial charge in [0.1, 0.15) is 0 Å². The zero-order valence-corrected chi connectivity index (χ0v) is 12.3. The highest BCUT2D eigenvalue weighted by Crippen LogP contribution is 2.22. The summed E-state index contributed by atoms with van der Waals surface area (Å²) in [6.45, 7) is 3.93. The van der Waals surface area contributed by atoms with E-state index in [0.29, 0.717) is 10.7 Å². The van der Waals surface area contributed by atoms with E-state index >= 15 is 0 Å². The molecule has 0 saturated carbocycles. The molecule has 1 aromatic heterocycles. The van der Waals surface area contributed by atoms with Gasteiger partial charge in [-0.05, 0) is 32.0 Å². The van der Waals surface area contributed by atoms with Crippen LogP contribution < -0.4 is 10.2 Å². The summed E-state index contributed by atoms with van der Waals surface area (Å²) < 4.78 is 0. The number of nitrogens with zero attached hydrogens (tertiary/aromatic N) is 2. The Kier molecular flexibility index (Phi) is 3.85. The fourth-order valence-corrected chi connectivity index (χ4v) is 2.43. The van der Waals surface area contributed by atoms with Crippen LogP contribution in [0.4, 0.5) is 10.8 Å². The van der Waals surface area contributed by atoms with Crippen LogP contribution in [0.25, 0.3) is 0 Å². The summed E-state index contributed by atoms with van der Waals surface area (Å²) in [5, 5.41) is 3.48. The summed E-state index contributed by atoms with van der Waals surface area (Å²) in [4.78, 5) is 19.5. The Morgan fingerprint density at radius 3 is 2.63 bits per heavy atom. The molecule has 1 aromatic carbocycles. The first-order chi connectivity index (χ1) is 8.97. The van der Waals surface area contributed by atoms with Crippen LogP contribution >= 0.6 is 11.3 Å². The van der Waals surface area contributed by atoms with E-state index in [4.69, 9.17) is 0 Å². The number of benzene rings is 1. The molecule has 19 heavy (non-hydrogen) atoms. The van der Waals surface area contributed by atoms with Gasteiger partial charge in [-0.15, -0.1) is 11.3 Å². The van der Waals surface area contributed by atoms with Gasteiger partial charge in [0.25, 0.3) is 5.91 Å². The van der Waals surface area contributed by atoms with Gasteiger partial charge >= 0.3 is 0 Å². The van der Waals surface area contributed by atoms with E-state index in [2.05, 4.69) is 10.3 Å². The lowest BCUT2D eigenvalue weighted by molar-refractivity contribution is 0.102. The minimum Gasteiger partial charge on any atom is -0.378 e. The van der Waals surface area contributed by atoms with Crippen LogP contribution in [-0.4, -0.2) is 25.0 Å². The molecule has 0 unspecified atom stereocenters. The van der Waals surface area contributed by atoms with Gasteiger partial charge in [-0.25, -0.2) is 4.98 Å². The van der Waals surface area contributed by atoms with Gasteiger partial charge in [0, 0.05) is 30.2 Å². The van der Waals surface area contributed by atoms with E-state index in [0.717, 1.165) is 16.3 Å². The van der Waals surface area contributed by atoms with E-state index in [9.17, 15) is 4.79 Å². The van der Waals surface area contributed by atoms with Gasteiger partial charge in [0.2, 0.25) is 0 Å². The summed E-state index contributed by atoms with van der Waals surface area (Å²) in [5.74, 6) is -0.127. The van der Waals surface area contributed by atoms with Gasteiger partial charge in [-0.3, -0.25) is 10.1 Å². The van der Waals surface area contributed by atoms with Crippen LogP contribution in [0.3, 0.4) is 0 Å². The third kappa shape index (κ3) is 3.12. The maximum atomic E-state index is 12.1. The average Bonchev–Trinajstić information content (AvgIpc) is 2.68. The third-order valence-corrected chi connectivity index (χ3v) is 3.86. The smallest absolute Gasteiger partial charge is 0.257 e. The van der Waals surface area contributed by atoms with Crippen LogP contribution in [0.15, 0.2) is 24.3 Å². The first-order valence-corrected chi connectivity index (χ1v) is 6.82. The van der Waals surface area contributed by atoms with E-state index in [1.54, 1.807) is 6.07 Å². The van der Waals surface area contributed by atoms with Gasteiger partial charge in [-0.2, -0.15) is 0 Å². The van der Waals surface area contributed by atoms with Crippen molar-refractivity contribution in [1.82, 2.24) is 4.98 Å². The summed E-state index contributed by atoms with van der Waals surface area (Å²) in [5.41, 5.74) is 2.60. The maximum absolute atomic E-state index is 12.1. The van der Waals surface area contributed by atoms with Crippen LogP contribution in [-0.2, 0) is 0 Å². The standard InChI is InChI=1S/C14H17N3OS/c1-9-10(2)19-14(15-9)16-13(18)11-6-5-7-12(8-11)17(3)4/h5-8H,1-4H3,(H,15,16,18). The average molecular weight is 275 g/mol. The van der Waals surface area contributed by atoms with Crippen LogP contribution in [0, 0.1) is 13.8 Å². The number of rotatable bonds is 3. The molecule has 0 aliphatic carbocycles. The molecule has 2 aromatic rings. The molecule has 5 heteroatoms. The number of aryl methyl sites for hydroxylation is 2. The van der Waals surface area contributed by atoms with Gasteiger partial charge in [0.05, 0.1) is 5.69 Å². The van der Waals surface area contributed by atoms with Crippen molar-refractivity contribution in [3.05, 3.63) is 40.4 Å². The normalized spacial score (nSPS) is 10.3. The number of hydrogen-bond acceptors (Lipinski definition) is 4. The minimum absolute atomic E-state index is 0.127. The zero-order chi connectivity index (χ0) is 14.0. The second-order valence-corrected chi connectivity index (χ2v) is 5.76. The SMILES string of the molecule is Cc1nc(NC(=O)c2cccc(N(C)C)c2)sc1C. The first-order valence-electron chi connectivity index (χ1n) is 6.00. The summed E-state index contributed by atoms with van der Waals surface area (Å²) in [7, 11) is 3.90. The summed E-state index contributed by atoms with van der Waals surface area (Å²) >= 11 is 1.49. The summed E-state index contributed by atoms with van der Waals surface area (Å²) in [6.07, 6.45) is 0. The number of anilines is 2. The fraction of sp³-hybridized carbons (Fsp3) is 0.286. The highest BCUT2D eigenvalue weighted by molar-refractivity contribution is 7.15. The topological polar surface area (TPSA) is 45.2 Å². The third-order valence-electron chi connectivity index (χ3n) is 2.87. The molecule has 0 atom stereocenters. The number of thiazole rings is 1. The minimum atomic E-state index is -0.127. The Bertz CT molecular complexity index is 585. The number of amides is 1. The molecule has 0 saturated heterocycles. The van der Waals surface area contributed by atoms with Crippen LogP contribution in [0.2, 0.25) is 0 Å². The van der Waals surface area contributed by atoms with Crippen molar-refractivity contribution < 1.29 is 4.79 Å². The molecule has 1 heterocycles. The van der Waals surface area contributed by atoms with Gasteiger partial charge < -0.3 is 4.90 Å². The molecule has 0 aliphatic rings. The molecule has 0 spiro atoms. The first kappa shape index (κ1) is 13.5. The lowest BCUT2D eigenvalue weighted by Crippen LogP contribution is -2.14.